The largest absolute Gasteiger partial charge is 0.506 e. The van der Waals surface area contributed by atoms with E-state index in [1.165, 1.54) is 24.3 Å². The van der Waals surface area contributed by atoms with Gasteiger partial charge in [0.15, 0.2) is 5.56 Å². The number of nitriles is 1. The minimum Gasteiger partial charge on any atom is -0.506 e. The normalized spacial score (nSPS) is 12.2. The molecule has 0 spiro atoms. The van der Waals surface area contributed by atoms with Gasteiger partial charge in [-0.2, -0.15) is 5.26 Å². The molecule has 1 aromatic rings. The SMILES string of the molecule is C=C/C=c1/[nH]c(=O)c(C#N)c(O)/c1=C/C=C. The summed E-state index contributed by atoms with van der Waals surface area (Å²) in [7, 11) is 0. The Labute approximate surface area is 91.8 Å². The van der Waals surface area contributed by atoms with Crippen molar-refractivity contribution in [2.24, 2.45) is 0 Å². The molecule has 0 aliphatic heterocycles. The average Bonchev–Trinajstić information content (AvgIpc) is 2.24. The number of nitrogens with zero attached hydrogens (tertiary/aromatic N) is 1. The lowest BCUT2D eigenvalue weighted by Crippen LogP contribution is -2.35. The van der Waals surface area contributed by atoms with Crippen LogP contribution < -0.4 is 16.1 Å². The number of aromatic amines is 1. The first-order valence-electron chi connectivity index (χ1n) is 4.46. The summed E-state index contributed by atoms with van der Waals surface area (Å²) in [5, 5.41) is 19.2. The van der Waals surface area contributed by atoms with Crippen molar-refractivity contribution in [2.45, 2.75) is 0 Å². The van der Waals surface area contributed by atoms with Crippen LogP contribution in [0.25, 0.3) is 12.2 Å². The van der Waals surface area contributed by atoms with E-state index in [0.717, 1.165) is 0 Å². The number of hydrogen-bond acceptors (Lipinski definition) is 3. The molecule has 0 amide bonds. The van der Waals surface area contributed by atoms with Crippen LogP contribution in [0.15, 0.2) is 30.1 Å². The number of allylic oxidation sites excluding steroid dienone is 2. The fraction of sp³-hybridized carbons (Fsp3) is 0. The smallest absolute Gasteiger partial charge is 0.270 e. The first-order chi connectivity index (χ1) is 7.65. The Morgan fingerprint density at radius 3 is 2.44 bits per heavy atom. The third kappa shape index (κ3) is 1.93. The van der Waals surface area contributed by atoms with Gasteiger partial charge in [0.1, 0.15) is 11.8 Å². The minimum atomic E-state index is -0.630. The quantitative estimate of drug-likeness (QED) is 0.720. The van der Waals surface area contributed by atoms with E-state index >= 15 is 0 Å². The van der Waals surface area contributed by atoms with Gasteiger partial charge in [0.2, 0.25) is 0 Å². The van der Waals surface area contributed by atoms with Gasteiger partial charge in [-0.05, 0) is 12.2 Å². The molecule has 1 heterocycles. The summed E-state index contributed by atoms with van der Waals surface area (Å²) in [5.74, 6) is -0.348. The first-order valence-corrected chi connectivity index (χ1v) is 4.46. The number of aromatic nitrogens is 1. The molecule has 1 aromatic heterocycles. The zero-order chi connectivity index (χ0) is 12.1. The topological polar surface area (TPSA) is 76.9 Å². The van der Waals surface area contributed by atoms with Crippen molar-refractivity contribution in [1.29, 1.82) is 5.26 Å². The highest BCUT2D eigenvalue weighted by atomic mass is 16.3. The molecular formula is C12H10N2O2. The molecule has 0 aromatic carbocycles. The molecule has 0 saturated carbocycles. The van der Waals surface area contributed by atoms with E-state index in [4.69, 9.17) is 5.26 Å². The summed E-state index contributed by atoms with van der Waals surface area (Å²) < 4.78 is 0. The Balaban J connectivity index is 3.98. The van der Waals surface area contributed by atoms with E-state index in [-0.39, 0.29) is 11.3 Å². The van der Waals surface area contributed by atoms with Crippen molar-refractivity contribution < 1.29 is 5.11 Å². The molecule has 1 rings (SSSR count). The van der Waals surface area contributed by atoms with Crippen molar-refractivity contribution in [3.8, 4) is 11.8 Å². The standard InChI is InChI=1S/C12H10N2O2/c1-3-5-8-10(6-4-2)14-12(16)9(7-13)11(8)15/h3-6,15H,1-2H2,(H,14,16)/b8-5+,10-6+. The molecule has 0 fully saturated rings. The number of hydrogen-bond donors (Lipinski definition) is 2. The maximum Gasteiger partial charge on any atom is 0.270 e. The number of aromatic hydroxyl groups is 1. The Morgan fingerprint density at radius 1 is 1.31 bits per heavy atom. The maximum absolute atomic E-state index is 11.4. The molecular weight excluding hydrogens is 204 g/mol. The van der Waals surface area contributed by atoms with E-state index in [2.05, 4.69) is 18.1 Å². The Morgan fingerprint density at radius 2 is 1.94 bits per heavy atom. The van der Waals surface area contributed by atoms with Crippen LogP contribution in [0, 0.1) is 11.3 Å². The number of pyridine rings is 1. The van der Waals surface area contributed by atoms with Crippen molar-refractivity contribution in [3.63, 3.8) is 0 Å². The average molecular weight is 214 g/mol. The lowest BCUT2D eigenvalue weighted by atomic mass is 10.2. The molecule has 0 aliphatic rings. The molecule has 0 unspecified atom stereocenters. The van der Waals surface area contributed by atoms with Crippen molar-refractivity contribution in [3.05, 3.63) is 51.8 Å². The van der Waals surface area contributed by atoms with Crippen molar-refractivity contribution in [2.75, 3.05) is 0 Å². The molecule has 0 bridgehead atoms. The summed E-state index contributed by atoms with van der Waals surface area (Å²) in [4.78, 5) is 13.9. The third-order valence-electron chi connectivity index (χ3n) is 1.94. The summed E-state index contributed by atoms with van der Waals surface area (Å²) in [6.07, 6.45) is 5.95. The zero-order valence-corrected chi connectivity index (χ0v) is 8.53. The van der Waals surface area contributed by atoms with Gasteiger partial charge < -0.3 is 10.1 Å². The van der Waals surface area contributed by atoms with Gasteiger partial charge in [-0.1, -0.05) is 25.3 Å². The first kappa shape index (κ1) is 11.5. The second-order valence-electron chi connectivity index (χ2n) is 2.92. The van der Waals surface area contributed by atoms with Crippen LogP contribution >= 0.6 is 0 Å². The van der Waals surface area contributed by atoms with Gasteiger partial charge in [-0.25, -0.2) is 0 Å². The van der Waals surface area contributed by atoms with E-state index in [1.54, 1.807) is 6.07 Å². The molecule has 2 N–H and O–H groups in total. The second-order valence-corrected chi connectivity index (χ2v) is 2.92. The highest BCUT2D eigenvalue weighted by Gasteiger charge is 2.07. The fourth-order valence-corrected chi connectivity index (χ4v) is 1.26. The second kappa shape index (κ2) is 4.80. The van der Waals surface area contributed by atoms with Gasteiger partial charge in [-0.15, -0.1) is 0 Å². The molecule has 0 aliphatic carbocycles. The van der Waals surface area contributed by atoms with Gasteiger partial charge in [0.25, 0.3) is 5.56 Å². The van der Waals surface area contributed by atoms with Gasteiger partial charge in [0, 0.05) is 5.22 Å². The van der Waals surface area contributed by atoms with Crippen LogP contribution in [0.5, 0.6) is 5.75 Å². The van der Waals surface area contributed by atoms with Crippen molar-refractivity contribution in [1.82, 2.24) is 4.98 Å². The predicted octanol–water partition coefficient (Wildman–Crippen LogP) is -0.115. The van der Waals surface area contributed by atoms with Crippen molar-refractivity contribution >= 4 is 12.2 Å². The minimum absolute atomic E-state index is 0.311. The number of nitrogens with one attached hydrogen (secondary N) is 1. The van der Waals surface area contributed by atoms with Gasteiger partial charge in [-0.3, -0.25) is 4.79 Å². The summed E-state index contributed by atoms with van der Waals surface area (Å²) in [6, 6.07) is 1.64. The molecule has 0 radical (unpaired) electrons. The summed E-state index contributed by atoms with van der Waals surface area (Å²) >= 11 is 0. The lowest BCUT2D eigenvalue weighted by molar-refractivity contribution is 0.466. The van der Waals surface area contributed by atoms with Gasteiger partial charge in [0.05, 0.1) is 5.35 Å². The summed E-state index contributed by atoms with van der Waals surface area (Å²) in [5.41, 5.74) is -0.941. The van der Waals surface area contributed by atoms with Crippen LogP contribution in [-0.4, -0.2) is 10.1 Å². The van der Waals surface area contributed by atoms with Crippen LogP contribution in [0.3, 0.4) is 0 Å². The van der Waals surface area contributed by atoms with E-state index < -0.39 is 5.56 Å². The van der Waals surface area contributed by atoms with E-state index in [1.807, 2.05) is 0 Å². The highest BCUT2D eigenvalue weighted by Crippen LogP contribution is 2.00. The molecule has 4 nitrogen and oxygen atoms in total. The maximum atomic E-state index is 11.4. The zero-order valence-electron chi connectivity index (χ0n) is 8.53. The lowest BCUT2D eigenvalue weighted by Gasteiger charge is -1.97. The number of H-pyrrole nitrogens is 1. The van der Waals surface area contributed by atoms with Crippen LogP contribution in [0.2, 0.25) is 0 Å². The van der Waals surface area contributed by atoms with E-state index in [0.29, 0.717) is 10.6 Å². The van der Waals surface area contributed by atoms with E-state index in [9.17, 15) is 9.90 Å². The Kier molecular flexibility index (Phi) is 3.46. The number of rotatable bonds is 2. The Bertz CT molecular complexity index is 645. The fourth-order valence-electron chi connectivity index (χ4n) is 1.26. The summed E-state index contributed by atoms with van der Waals surface area (Å²) in [6.45, 7) is 6.99. The predicted molar refractivity (Wildman–Crippen MR) is 62.0 cm³/mol. The third-order valence-corrected chi connectivity index (χ3v) is 1.94. The Hall–Kier alpha value is -2.54. The van der Waals surface area contributed by atoms with Crippen LogP contribution in [0.4, 0.5) is 0 Å². The molecule has 80 valence electrons. The van der Waals surface area contributed by atoms with Gasteiger partial charge >= 0.3 is 0 Å². The molecule has 0 atom stereocenters. The van der Waals surface area contributed by atoms with Crippen LogP contribution in [-0.2, 0) is 0 Å². The molecule has 16 heavy (non-hydrogen) atoms. The molecule has 4 heteroatoms. The monoisotopic (exact) mass is 214 g/mol. The highest BCUT2D eigenvalue weighted by molar-refractivity contribution is 5.50. The molecule has 0 saturated heterocycles. The van der Waals surface area contributed by atoms with Crippen LogP contribution in [0.1, 0.15) is 5.56 Å².